The lowest BCUT2D eigenvalue weighted by Gasteiger charge is -2.01. The Kier molecular flexibility index (Phi) is 3.68. The highest BCUT2D eigenvalue weighted by molar-refractivity contribution is 5.69. The molecule has 0 atom stereocenters. The minimum Gasteiger partial charge on any atom is -0.411 e. The molecule has 0 aliphatic rings. The van der Waals surface area contributed by atoms with E-state index in [4.69, 9.17) is 4.74 Å². The first-order chi connectivity index (χ1) is 7.13. The fourth-order valence-electron chi connectivity index (χ4n) is 1.05. The predicted molar refractivity (Wildman–Crippen MR) is 60.4 cm³/mol. The molecule has 15 heavy (non-hydrogen) atoms. The lowest BCUT2D eigenvalue weighted by atomic mass is 10.2. The van der Waals surface area contributed by atoms with Gasteiger partial charge in [0.1, 0.15) is 5.76 Å². The lowest BCUT2D eigenvalue weighted by Crippen LogP contribution is -2.23. The van der Waals surface area contributed by atoms with Crippen LogP contribution in [0.15, 0.2) is 36.6 Å². The van der Waals surface area contributed by atoms with Crippen LogP contribution in [0, 0.1) is 0 Å². The Bertz CT molecular complexity index is 477. The molecule has 0 saturated heterocycles. The molecule has 0 bridgehead atoms. The first-order valence-corrected chi connectivity index (χ1v) is 4.47. The Labute approximate surface area is 88.4 Å². The average molecular weight is 203 g/mol. The van der Waals surface area contributed by atoms with E-state index >= 15 is 0 Å². The van der Waals surface area contributed by atoms with Gasteiger partial charge in [-0.1, -0.05) is 37.4 Å². The van der Waals surface area contributed by atoms with Gasteiger partial charge in [0.25, 0.3) is 0 Å². The van der Waals surface area contributed by atoms with E-state index in [-0.39, 0.29) is 5.76 Å². The van der Waals surface area contributed by atoms with Crippen LogP contribution in [-0.2, 0) is 4.74 Å². The SMILES string of the molecule is C=C(/C=c1/ccccc1=C)OC(=O)NC. The molecule has 3 nitrogen and oxygen atoms in total. The quantitative estimate of drug-likeness (QED) is 0.720. The molecule has 0 aliphatic heterocycles. The number of nitrogens with one attached hydrogen (secondary N) is 1. The van der Waals surface area contributed by atoms with Gasteiger partial charge in [0.05, 0.1) is 0 Å². The number of amides is 1. The van der Waals surface area contributed by atoms with Crippen LogP contribution in [0.5, 0.6) is 0 Å². The molecule has 0 radical (unpaired) electrons. The molecule has 0 unspecified atom stereocenters. The van der Waals surface area contributed by atoms with Gasteiger partial charge in [-0.25, -0.2) is 4.79 Å². The van der Waals surface area contributed by atoms with E-state index in [1.165, 1.54) is 7.05 Å². The summed E-state index contributed by atoms with van der Waals surface area (Å²) in [7, 11) is 1.49. The van der Waals surface area contributed by atoms with Crippen molar-refractivity contribution in [1.29, 1.82) is 0 Å². The summed E-state index contributed by atoms with van der Waals surface area (Å²) in [4.78, 5) is 10.9. The first-order valence-electron chi connectivity index (χ1n) is 4.47. The molecular weight excluding hydrogens is 190 g/mol. The molecule has 0 spiro atoms. The van der Waals surface area contributed by atoms with Gasteiger partial charge >= 0.3 is 6.09 Å². The highest BCUT2D eigenvalue weighted by Gasteiger charge is 1.98. The largest absolute Gasteiger partial charge is 0.412 e. The number of hydrogen-bond acceptors (Lipinski definition) is 2. The van der Waals surface area contributed by atoms with E-state index < -0.39 is 6.09 Å². The molecule has 0 saturated carbocycles. The van der Waals surface area contributed by atoms with Crippen LogP contribution in [-0.4, -0.2) is 13.1 Å². The molecule has 0 aliphatic carbocycles. The molecule has 78 valence electrons. The number of carbonyl (C=O) groups is 1. The van der Waals surface area contributed by atoms with Crippen LogP contribution in [0.4, 0.5) is 4.79 Å². The van der Waals surface area contributed by atoms with Crippen LogP contribution in [0.3, 0.4) is 0 Å². The zero-order chi connectivity index (χ0) is 11.3. The Morgan fingerprint density at radius 2 is 2.13 bits per heavy atom. The third kappa shape index (κ3) is 3.31. The molecule has 1 N–H and O–H groups in total. The van der Waals surface area contributed by atoms with Crippen LogP contribution < -0.4 is 15.8 Å². The Morgan fingerprint density at radius 1 is 1.47 bits per heavy atom. The number of hydrogen-bond donors (Lipinski definition) is 1. The number of ether oxygens (including phenoxy) is 1. The maximum absolute atomic E-state index is 10.9. The summed E-state index contributed by atoms with van der Waals surface area (Å²) in [6.07, 6.45) is 1.13. The van der Waals surface area contributed by atoms with Gasteiger partial charge in [-0.2, -0.15) is 0 Å². The minimum atomic E-state index is -0.530. The molecule has 1 amide bonds. The lowest BCUT2D eigenvalue weighted by molar-refractivity contribution is 0.183. The molecule has 0 fully saturated rings. The fraction of sp³-hybridized carbons (Fsp3) is 0.0833. The van der Waals surface area contributed by atoms with Crippen LogP contribution in [0.25, 0.3) is 12.7 Å². The number of benzene rings is 1. The van der Waals surface area contributed by atoms with E-state index in [2.05, 4.69) is 18.5 Å². The van der Waals surface area contributed by atoms with Crippen molar-refractivity contribution in [2.24, 2.45) is 0 Å². The van der Waals surface area contributed by atoms with Gasteiger partial charge in [-0.15, -0.1) is 0 Å². The Morgan fingerprint density at radius 3 is 2.73 bits per heavy atom. The van der Waals surface area contributed by atoms with E-state index in [0.717, 1.165) is 10.4 Å². The average Bonchev–Trinajstić information content (AvgIpc) is 2.21. The topological polar surface area (TPSA) is 38.3 Å². The van der Waals surface area contributed by atoms with Gasteiger partial charge in [0.2, 0.25) is 0 Å². The van der Waals surface area contributed by atoms with Crippen molar-refractivity contribution in [3.8, 4) is 0 Å². The summed E-state index contributed by atoms with van der Waals surface area (Å²) in [5.41, 5.74) is 0. The van der Waals surface area contributed by atoms with Crippen LogP contribution in [0.1, 0.15) is 0 Å². The third-order valence-corrected chi connectivity index (χ3v) is 1.80. The van der Waals surface area contributed by atoms with Crippen molar-refractivity contribution in [3.05, 3.63) is 47.0 Å². The summed E-state index contributed by atoms with van der Waals surface area (Å²) in [6.45, 7) is 7.46. The second-order valence-electron chi connectivity index (χ2n) is 2.95. The summed E-state index contributed by atoms with van der Waals surface area (Å²) < 4.78 is 4.83. The van der Waals surface area contributed by atoms with Gasteiger partial charge < -0.3 is 10.1 Å². The van der Waals surface area contributed by atoms with E-state index in [1.807, 2.05) is 24.3 Å². The van der Waals surface area contributed by atoms with Crippen LogP contribution in [0.2, 0.25) is 0 Å². The normalized spacial score (nSPS) is 10.9. The molecule has 0 aromatic heterocycles. The zero-order valence-electron chi connectivity index (χ0n) is 8.62. The zero-order valence-corrected chi connectivity index (χ0v) is 8.62. The summed E-state index contributed by atoms with van der Waals surface area (Å²) in [5.74, 6) is 0.283. The highest BCUT2D eigenvalue weighted by atomic mass is 16.6. The van der Waals surface area contributed by atoms with Crippen molar-refractivity contribution in [3.63, 3.8) is 0 Å². The van der Waals surface area contributed by atoms with Crippen molar-refractivity contribution in [2.45, 2.75) is 0 Å². The van der Waals surface area contributed by atoms with E-state index in [1.54, 1.807) is 6.08 Å². The number of rotatable bonds is 2. The second-order valence-corrected chi connectivity index (χ2v) is 2.95. The smallest absolute Gasteiger partial charge is 0.411 e. The number of carbonyl (C=O) groups excluding carboxylic acids is 1. The number of allylic oxidation sites excluding steroid dienone is 1. The maximum Gasteiger partial charge on any atom is 0.412 e. The van der Waals surface area contributed by atoms with Gasteiger partial charge in [0.15, 0.2) is 0 Å². The maximum atomic E-state index is 10.9. The summed E-state index contributed by atoms with van der Waals surface area (Å²) in [6, 6.07) is 7.52. The van der Waals surface area contributed by atoms with Crippen molar-refractivity contribution in [1.82, 2.24) is 5.32 Å². The summed E-state index contributed by atoms with van der Waals surface area (Å²) in [5, 5.41) is 4.08. The van der Waals surface area contributed by atoms with E-state index in [9.17, 15) is 4.79 Å². The van der Waals surface area contributed by atoms with Crippen LogP contribution >= 0.6 is 0 Å². The van der Waals surface area contributed by atoms with E-state index in [0.29, 0.717) is 0 Å². The molecule has 3 heteroatoms. The summed E-state index contributed by atoms with van der Waals surface area (Å²) >= 11 is 0. The Hall–Kier alpha value is -2.03. The van der Waals surface area contributed by atoms with Gasteiger partial charge in [-0.3, -0.25) is 0 Å². The molecule has 1 rings (SSSR count). The first kappa shape index (κ1) is 11.0. The third-order valence-electron chi connectivity index (χ3n) is 1.80. The molecule has 0 heterocycles. The minimum absolute atomic E-state index is 0.283. The van der Waals surface area contributed by atoms with Gasteiger partial charge in [-0.05, 0) is 16.5 Å². The van der Waals surface area contributed by atoms with Crippen molar-refractivity contribution >= 4 is 18.7 Å². The van der Waals surface area contributed by atoms with Crippen molar-refractivity contribution < 1.29 is 9.53 Å². The standard InChI is InChI=1S/C12H13NO2/c1-9-6-4-5-7-11(9)8-10(2)15-12(14)13-3/h4-8H,1-2H2,3H3,(H,13,14)/b11-8-. The number of alkyl carbamates (subject to hydrolysis) is 1. The molecule has 1 aromatic rings. The molecule has 1 aromatic carbocycles. The fourth-order valence-corrected chi connectivity index (χ4v) is 1.05. The second kappa shape index (κ2) is 5.00. The van der Waals surface area contributed by atoms with Crippen molar-refractivity contribution in [2.75, 3.05) is 7.05 Å². The predicted octanol–water partition coefficient (Wildman–Crippen LogP) is 0.747. The highest BCUT2D eigenvalue weighted by Crippen LogP contribution is 1.94. The van der Waals surface area contributed by atoms with Gasteiger partial charge in [0, 0.05) is 7.05 Å². The molecular formula is C12H13NO2. The monoisotopic (exact) mass is 203 g/mol. The Balaban J connectivity index is 2.89.